The summed E-state index contributed by atoms with van der Waals surface area (Å²) in [5.41, 5.74) is -0.532. The number of aromatic nitrogens is 1. The third-order valence-corrected chi connectivity index (χ3v) is 2.50. The molecule has 19 heavy (non-hydrogen) atoms. The number of pyridine rings is 1. The van der Waals surface area contributed by atoms with E-state index >= 15 is 0 Å². The monoisotopic (exact) mass is 265 g/mol. The Morgan fingerprint density at radius 3 is 2.74 bits per heavy atom. The maximum atomic E-state index is 12.2. The molecule has 106 valence electrons. The van der Waals surface area contributed by atoms with Crippen LogP contribution in [0.2, 0.25) is 0 Å². The van der Waals surface area contributed by atoms with E-state index in [4.69, 9.17) is 0 Å². The molecule has 0 bridgehead atoms. The second-order valence-electron chi connectivity index (χ2n) is 5.31. The fourth-order valence-electron chi connectivity index (χ4n) is 1.75. The van der Waals surface area contributed by atoms with E-state index in [9.17, 15) is 9.90 Å². The van der Waals surface area contributed by atoms with Gasteiger partial charge in [0, 0.05) is 20.1 Å². The number of rotatable bonds is 6. The highest BCUT2D eigenvalue weighted by Crippen LogP contribution is 2.10. The quantitative estimate of drug-likeness (QED) is 0.822. The van der Waals surface area contributed by atoms with E-state index in [2.05, 4.69) is 17.2 Å². The van der Waals surface area contributed by atoms with E-state index in [-0.39, 0.29) is 12.5 Å². The molecule has 2 N–H and O–H groups in total. The number of hydrogen-bond acceptors (Lipinski definition) is 4. The molecule has 0 aliphatic heterocycles. The SMILES string of the molecule is CCCNc1cccc(C(=O)N(C)CC(C)(C)O)n1. The van der Waals surface area contributed by atoms with Gasteiger partial charge in [0.1, 0.15) is 11.5 Å². The summed E-state index contributed by atoms with van der Waals surface area (Å²) in [6.45, 7) is 6.50. The molecule has 0 spiro atoms. The van der Waals surface area contributed by atoms with Gasteiger partial charge in [0.05, 0.1) is 5.60 Å². The topological polar surface area (TPSA) is 65.5 Å². The molecular weight excluding hydrogens is 242 g/mol. The van der Waals surface area contributed by atoms with Gasteiger partial charge < -0.3 is 15.3 Å². The molecule has 0 radical (unpaired) electrons. The number of anilines is 1. The Balaban J connectivity index is 2.76. The Bertz CT molecular complexity index is 427. The largest absolute Gasteiger partial charge is 0.389 e. The Kier molecular flexibility index (Phi) is 5.30. The van der Waals surface area contributed by atoms with E-state index in [1.165, 1.54) is 4.90 Å². The molecule has 0 saturated heterocycles. The number of aliphatic hydroxyl groups is 1. The zero-order valence-electron chi connectivity index (χ0n) is 12.1. The Morgan fingerprint density at radius 1 is 1.47 bits per heavy atom. The molecule has 1 aromatic heterocycles. The second kappa shape index (κ2) is 6.52. The molecule has 0 fully saturated rings. The van der Waals surface area contributed by atoms with Crippen LogP contribution in [0.15, 0.2) is 18.2 Å². The maximum absolute atomic E-state index is 12.2. The lowest BCUT2D eigenvalue weighted by molar-refractivity contribution is 0.0365. The van der Waals surface area contributed by atoms with Gasteiger partial charge in [0.25, 0.3) is 5.91 Å². The predicted octanol–water partition coefficient (Wildman–Crippen LogP) is 1.75. The van der Waals surface area contributed by atoms with Crippen LogP contribution in [0.4, 0.5) is 5.82 Å². The number of carbonyl (C=O) groups excluding carboxylic acids is 1. The van der Waals surface area contributed by atoms with Crippen LogP contribution < -0.4 is 5.32 Å². The molecule has 1 amide bonds. The number of nitrogens with one attached hydrogen (secondary N) is 1. The third-order valence-electron chi connectivity index (χ3n) is 2.50. The van der Waals surface area contributed by atoms with Crippen LogP contribution in [0.1, 0.15) is 37.7 Å². The van der Waals surface area contributed by atoms with E-state index in [0.717, 1.165) is 13.0 Å². The third kappa shape index (κ3) is 5.26. The van der Waals surface area contributed by atoms with Gasteiger partial charge in [0.15, 0.2) is 0 Å². The lowest BCUT2D eigenvalue weighted by atomic mass is 10.1. The van der Waals surface area contributed by atoms with Crippen LogP contribution in [0.3, 0.4) is 0 Å². The first-order valence-corrected chi connectivity index (χ1v) is 6.52. The van der Waals surface area contributed by atoms with Crippen LogP contribution in [0.5, 0.6) is 0 Å². The van der Waals surface area contributed by atoms with Gasteiger partial charge in [0.2, 0.25) is 0 Å². The fraction of sp³-hybridized carbons (Fsp3) is 0.571. The molecule has 1 aromatic rings. The second-order valence-corrected chi connectivity index (χ2v) is 5.31. The normalized spacial score (nSPS) is 11.2. The minimum absolute atomic E-state index is 0.192. The molecule has 5 nitrogen and oxygen atoms in total. The van der Waals surface area contributed by atoms with E-state index in [1.54, 1.807) is 33.0 Å². The lowest BCUT2D eigenvalue weighted by Gasteiger charge is -2.25. The highest BCUT2D eigenvalue weighted by atomic mass is 16.3. The van der Waals surface area contributed by atoms with Crippen LogP contribution in [0, 0.1) is 0 Å². The number of likely N-dealkylation sites (N-methyl/N-ethyl adjacent to an activating group) is 1. The summed E-state index contributed by atoms with van der Waals surface area (Å²) in [5, 5.41) is 12.9. The summed E-state index contributed by atoms with van der Waals surface area (Å²) in [6.07, 6.45) is 0.998. The predicted molar refractivity (Wildman–Crippen MR) is 76.3 cm³/mol. The van der Waals surface area contributed by atoms with Gasteiger partial charge in [-0.3, -0.25) is 4.79 Å². The van der Waals surface area contributed by atoms with Crippen molar-refractivity contribution in [1.29, 1.82) is 0 Å². The number of carbonyl (C=O) groups is 1. The zero-order chi connectivity index (χ0) is 14.5. The summed E-state index contributed by atoms with van der Waals surface area (Å²) in [7, 11) is 1.66. The number of hydrogen-bond donors (Lipinski definition) is 2. The molecule has 0 aliphatic carbocycles. The molecular formula is C14H23N3O2. The summed E-state index contributed by atoms with van der Waals surface area (Å²) >= 11 is 0. The smallest absolute Gasteiger partial charge is 0.272 e. The molecule has 5 heteroatoms. The average Bonchev–Trinajstić information content (AvgIpc) is 2.33. The minimum Gasteiger partial charge on any atom is -0.389 e. The maximum Gasteiger partial charge on any atom is 0.272 e. The number of amides is 1. The van der Waals surface area contributed by atoms with Crippen molar-refractivity contribution in [2.45, 2.75) is 32.8 Å². The van der Waals surface area contributed by atoms with E-state index in [0.29, 0.717) is 11.5 Å². The Labute approximate surface area is 114 Å². The van der Waals surface area contributed by atoms with Crippen LogP contribution >= 0.6 is 0 Å². The highest BCUT2D eigenvalue weighted by molar-refractivity contribution is 5.92. The molecule has 1 heterocycles. The van der Waals surface area contributed by atoms with Crippen molar-refractivity contribution in [1.82, 2.24) is 9.88 Å². The fourth-order valence-corrected chi connectivity index (χ4v) is 1.75. The Morgan fingerprint density at radius 2 is 2.16 bits per heavy atom. The van der Waals surface area contributed by atoms with Crippen molar-refractivity contribution in [3.05, 3.63) is 23.9 Å². The van der Waals surface area contributed by atoms with E-state index < -0.39 is 5.60 Å². The van der Waals surface area contributed by atoms with Gasteiger partial charge in [-0.2, -0.15) is 0 Å². The van der Waals surface area contributed by atoms with Crippen LogP contribution in [-0.4, -0.2) is 46.6 Å². The summed E-state index contributed by atoms with van der Waals surface area (Å²) in [5.74, 6) is 0.506. The van der Waals surface area contributed by atoms with Crippen molar-refractivity contribution in [2.75, 3.05) is 25.5 Å². The Hall–Kier alpha value is -1.62. The van der Waals surface area contributed by atoms with Crippen molar-refractivity contribution in [2.24, 2.45) is 0 Å². The summed E-state index contributed by atoms with van der Waals surface area (Å²) in [6, 6.07) is 5.32. The van der Waals surface area contributed by atoms with Gasteiger partial charge in [-0.05, 0) is 32.4 Å². The first-order valence-electron chi connectivity index (χ1n) is 6.52. The molecule has 0 aliphatic rings. The molecule has 0 atom stereocenters. The number of nitrogens with zero attached hydrogens (tertiary/aromatic N) is 2. The first kappa shape index (κ1) is 15.4. The van der Waals surface area contributed by atoms with Gasteiger partial charge in [-0.15, -0.1) is 0 Å². The van der Waals surface area contributed by atoms with Crippen molar-refractivity contribution in [3.63, 3.8) is 0 Å². The highest BCUT2D eigenvalue weighted by Gasteiger charge is 2.21. The summed E-state index contributed by atoms with van der Waals surface area (Å²) in [4.78, 5) is 17.9. The average molecular weight is 265 g/mol. The lowest BCUT2D eigenvalue weighted by Crippen LogP contribution is -2.40. The zero-order valence-corrected chi connectivity index (χ0v) is 12.1. The summed E-state index contributed by atoms with van der Waals surface area (Å²) < 4.78 is 0. The van der Waals surface area contributed by atoms with Crippen molar-refractivity contribution >= 4 is 11.7 Å². The van der Waals surface area contributed by atoms with Crippen LogP contribution in [0.25, 0.3) is 0 Å². The van der Waals surface area contributed by atoms with E-state index in [1.807, 2.05) is 6.07 Å². The van der Waals surface area contributed by atoms with Gasteiger partial charge in [-0.1, -0.05) is 13.0 Å². The molecule has 1 rings (SSSR count). The molecule has 0 unspecified atom stereocenters. The van der Waals surface area contributed by atoms with Gasteiger partial charge in [-0.25, -0.2) is 4.98 Å². The minimum atomic E-state index is -0.914. The standard InChI is InChI=1S/C14H23N3O2/c1-5-9-15-12-8-6-7-11(16-12)13(18)17(4)10-14(2,3)19/h6-8,19H,5,9-10H2,1-4H3,(H,15,16). The van der Waals surface area contributed by atoms with Crippen LogP contribution in [-0.2, 0) is 0 Å². The molecule has 0 aromatic carbocycles. The van der Waals surface area contributed by atoms with Gasteiger partial charge >= 0.3 is 0 Å². The first-order chi connectivity index (χ1) is 8.83. The van der Waals surface area contributed by atoms with Crippen molar-refractivity contribution < 1.29 is 9.90 Å². The molecule has 0 saturated carbocycles. The van der Waals surface area contributed by atoms with Crippen molar-refractivity contribution in [3.8, 4) is 0 Å².